The van der Waals surface area contributed by atoms with E-state index in [4.69, 9.17) is 25.5 Å². The Kier molecular flexibility index (Phi) is 8.50. The fourth-order valence-corrected chi connectivity index (χ4v) is 0.570. The zero-order valence-corrected chi connectivity index (χ0v) is 10.1. The quantitative estimate of drug-likeness (QED) is 0.348. The molecule has 0 saturated heterocycles. The molecule has 0 aromatic heterocycles. The van der Waals surface area contributed by atoms with Crippen molar-refractivity contribution in [3.63, 3.8) is 0 Å². The summed E-state index contributed by atoms with van der Waals surface area (Å²) in [6, 6.07) is 0. The topological polar surface area (TPSA) is 135 Å². The monoisotopic (exact) mass is 255 g/mol. The Labute approximate surface area is 100 Å². The predicted octanol–water partition coefficient (Wildman–Crippen LogP) is -2.33. The lowest BCUT2D eigenvalue weighted by molar-refractivity contribution is -0.870. The number of aliphatic hydroxyl groups excluding tert-OH is 3. The van der Waals surface area contributed by atoms with Crippen molar-refractivity contribution in [3.8, 4) is 0 Å². The first-order valence-electron chi connectivity index (χ1n) is 4.76. The van der Waals surface area contributed by atoms with Gasteiger partial charge in [-0.05, 0) is 0 Å². The maximum absolute atomic E-state index is 9.77. The highest BCUT2D eigenvalue weighted by Gasteiger charge is 2.29. The average molecular weight is 255 g/mol. The van der Waals surface area contributed by atoms with Gasteiger partial charge in [-0.3, -0.25) is 0 Å². The van der Waals surface area contributed by atoms with Gasteiger partial charge < -0.3 is 30.0 Å². The van der Waals surface area contributed by atoms with Gasteiger partial charge in [0.25, 0.3) is 0 Å². The number of aliphatic carboxylic acids is 2. The Morgan fingerprint density at radius 2 is 1.35 bits per heavy atom. The van der Waals surface area contributed by atoms with E-state index in [2.05, 4.69) is 21.1 Å². The van der Waals surface area contributed by atoms with E-state index in [0.717, 1.165) is 11.0 Å². The van der Waals surface area contributed by atoms with Crippen LogP contribution in [0.1, 0.15) is 1.43 Å². The molecule has 0 bridgehead atoms. The highest BCUT2D eigenvalue weighted by atomic mass is 16.4. The van der Waals surface area contributed by atoms with Crippen LogP contribution in [-0.4, -0.2) is 88.5 Å². The lowest BCUT2D eigenvalue weighted by Gasteiger charge is -2.21. The molecule has 2 atom stereocenters. The number of carbonyl (C=O) groups is 2. The molecule has 8 nitrogen and oxygen atoms in total. The van der Waals surface area contributed by atoms with E-state index in [9.17, 15) is 9.59 Å². The van der Waals surface area contributed by atoms with Crippen molar-refractivity contribution in [3.05, 3.63) is 0 Å². The van der Waals surface area contributed by atoms with Gasteiger partial charge in [0.05, 0.1) is 27.7 Å². The number of carboxylic acids is 2. The number of nitrogens with zero attached hydrogens (tertiary/aromatic N) is 1. The fourth-order valence-electron chi connectivity index (χ4n) is 0.570. The molecular formula is C9H21NO7+2. The van der Waals surface area contributed by atoms with Gasteiger partial charge in [-0.1, -0.05) is 0 Å². The van der Waals surface area contributed by atoms with Crippen LogP contribution >= 0.6 is 0 Å². The smallest absolute Gasteiger partial charge is 0.479 e. The molecule has 0 amide bonds. The normalized spacial score (nSPS) is 14.2. The number of carboxylic acid groups (broad SMARTS) is 2. The second kappa shape index (κ2) is 7.96. The van der Waals surface area contributed by atoms with Gasteiger partial charge in [-0.25, -0.2) is 9.59 Å². The molecule has 0 radical (unpaired) electrons. The summed E-state index contributed by atoms with van der Waals surface area (Å²) < 4.78 is 0.844. The zero-order chi connectivity index (χ0) is 14.2. The largest absolute Gasteiger partial charge is 1.00 e. The Bertz CT molecular complexity index is 236. The molecule has 0 aliphatic heterocycles. The van der Waals surface area contributed by atoms with Crippen LogP contribution in [0.25, 0.3) is 0 Å². The van der Waals surface area contributed by atoms with Crippen molar-refractivity contribution in [2.45, 2.75) is 12.2 Å². The summed E-state index contributed by atoms with van der Waals surface area (Å²) in [7, 11) is 6.16. The molecule has 0 aromatic carbocycles. The lowest BCUT2D eigenvalue weighted by Crippen LogP contribution is -2.39. The molecule has 2 unspecified atom stereocenters. The summed E-state index contributed by atoms with van der Waals surface area (Å²) in [4.78, 5) is 19.5. The van der Waals surface area contributed by atoms with Gasteiger partial charge in [0.1, 0.15) is 6.54 Å². The minimum absolute atomic E-state index is 0. The highest BCUT2D eigenvalue weighted by Crippen LogP contribution is 1.92. The van der Waals surface area contributed by atoms with Crippen LogP contribution in [0.2, 0.25) is 0 Å². The van der Waals surface area contributed by atoms with E-state index >= 15 is 0 Å². The summed E-state index contributed by atoms with van der Waals surface area (Å²) in [5.74, 6) is -3.54. The van der Waals surface area contributed by atoms with Gasteiger partial charge >= 0.3 is 13.4 Å². The molecule has 0 heterocycles. The second-order valence-corrected chi connectivity index (χ2v) is 4.30. The first-order chi connectivity index (χ1) is 7.52. The van der Waals surface area contributed by atoms with E-state index in [1.54, 1.807) is 0 Å². The first-order valence-corrected chi connectivity index (χ1v) is 4.76. The van der Waals surface area contributed by atoms with E-state index < -0.39 is 24.1 Å². The maximum atomic E-state index is 9.77. The number of aliphatic hydroxyl groups is 3. The second-order valence-electron chi connectivity index (χ2n) is 4.30. The summed E-state index contributed by atoms with van der Waals surface area (Å²) in [5, 5.41) is 40.9. The predicted molar refractivity (Wildman–Crippen MR) is 58.4 cm³/mol. The maximum Gasteiger partial charge on any atom is 1.00 e. The van der Waals surface area contributed by atoms with Crippen LogP contribution in [0.3, 0.4) is 0 Å². The molecule has 0 aliphatic rings. The minimum Gasteiger partial charge on any atom is -0.479 e. The van der Waals surface area contributed by atoms with Gasteiger partial charge in [0.2, 0.25) is 0 Å². The molecule has 0 fully saturated rings. The van der Waals surface area contributed by atoms with Gasteiger partial charge in [-0.15, -0.1) is 0 Å². The number of quaternary nitrogens is 1. The number of hydrogen-bond donors (Lipinski definition) is 5. The molecule has 8 heteroatoms. The molecule has 0 spiro atoms. The Morgan fingerprint density at radius 1 is 1.06 bits per heavy atom. The highest BCUT2D eigenvalue weighted by molar-refractivity contribution is 5.83. The third-order valence-electron chi connectivity index (χ3n) is 1.58. The minimum atomic E-state index is -2.27. The summed E-state index contributed by atoms with van der Waals surface area (Å²) in [5.41, 5.74) is 0. The van der Waals surface area contributed by atoms with Crippen LogP contribution in [0.15, 0.2) is 0 Å². The van der Waals surface area contributed by atoms with Crippen LogP contribution in [0.4, 0.5) is 0 Å². The molecule has 0 aliphatic carbocycles. The van der Waals surface area contributed by atoms with Crippen molar-refractivity contribution in [2.24, 2.45) is 0 Å². The first kappa shape index (κ1) is 18.2. The van der Waals surface area contributed by atoms with Crippen molar-refractivity contribution in [1.29, 1.82) is 0 Å². The van der Waals surface area contributed by atoms with E-state index in [0.29, 0.717) is 0 Å². The number of hydrogen-bond acceptors (Lipinski definition) is 5. The number of rotatable bonds is 5. The van der Waals surface area contributed by atoms with E-state index in [-0.39, 0.29) is 8.03 Å². The summed E-state index contributed by atoms with van der Waals surface area (Å²) in [6.45, 7) is 1.11. The van der Waals surface area contributed by atoms with Crippen LogP contribution in [-0.2, 0) is 9.59 Å². The average Bonchev–Trinajstić information content (AvgIpc) is 2.14. The lowest BCUT2D eigenvalue weighted by atomic mass is 10.2. The Balaban J connectivity index is -0.000000251. The van der Waals surface area contributed by atoms with Crippen molar-refractivity contribution < 1.29 is 41.0 Å². The molecule has 0 saturated carbocycles. The van der Waals surface area contributed by atoms with Crippen molar-refractivity contribution in [1.82, 2.24) is 0 Å². The van der Waals surface area contributed by atoms with E-state index in [1.165, 1.54) is 0 Å². The number of likely N-dealkylation sites (N-methyl/N-ethyl adjacent to an activating group) is 1. The Hall–Kier alpha value is -1.22. The standard InChI is InChI=1S/C5H14NO.C4H6O6/c1-6(2,3)4-5-7;5-1(3(7)8)2(6)4(9)10/h7H,4-5H2,1-3H3;1-2,5-6H,(H,7,8)(H,9,10)/q+1;/p+1. The third kappa shape index (κ3) is 11.1. The molecule has 5 N–H and O–H groups in total. The molecule has 102 valence electrons. The van der Waals surface area contributed by atoms with Crippen LogP contribution in [0, 0.1) is 0 Å². The van der Waals surface area contributed by atoms with Gasteiger partial charge in [-0.2, -0.15) is 0 Å². The molecular weight excluding hydrogens is 234 g/mol. The summed E-state index contributed by atoms with van der Waals surface area (Å²) >= 11 is 0. The molecule has 17 heavy (non-hydrogen) atoms. The SMILES string of the molecule is C[N+](C)(C)CCO.O=C(O)C(O)C(O)C(=O)O.[H+]. The molecule has 0 rings (SSSR count). The van der Waals surface area contributed by atoms with Crippen molar-refractivity contribution >= 4 is 11.9 Å². The fraction of sp³-hybridized carbons (Fsp3) is 0.778. The zero-order valence-electron chi connectivity index (χ0n) is 11.1. The third-order valence-corrected chi connectivity index (χ3v) is 1.58. The van der Waals surface area contributed by atoms with Gasteiger partial charge in [0, 0.05) is 0 Å². The Morgan fingerprint density at radius 3 is 1.41 bits per heavy atom. The van der Waals surface area contributed by atoms with Crippen molar-refractivity contribution in [2.75, 3.05) is 34.3 Å². The van der Waals surface area contributed by atoms with Crippen LogP contribution < -0.4 is 0 Å². The van der Waals surface area contributed by atoms with Crippen LogP contribution in [0.5, 0.6) is 0 Å². The van der Waals surface area contributed by atoms with Gasteiger partial charge in [0.15, 0.2) is 12.2 Å². The van der Waals surface area contributed by atoms with E-state index in [1.807, 2.05) is 0 Å². The summed E-state index contributed by atoms with van der Waals surface area (Å²) in [6.07, 6.45) is -4.53. The molecule has 0 aromatic rings.